The fourth-order valence-corrected chi connectivity index (χ4v) is 3.40. The molecule has 0 aliphatic rings. The fraction of sp³-hybridized carbons (Fsp3) is 0.500. The summed E-state index contributed by atoms with van der Waals surface area (Å²) in [4.78, 5) is 49.0. The summed E-state index contributed by atoms with van der Waals surface area (Å²) in [5.41, 5.74) is 6.02. The molecule has 4 atom stereocenters. The van der Waals surface area contributed by atoms with Gasteiger partial charge in [-0.3, -0.25) is 14.4 Å². The second-order valence-electron chi connectivity index (χ2n) is 7.15. The highest BCUT2D eigenvalue weighted by atomic mass is 32.2. The molecule has 184 valence electrons. The molecule has 33 heavy (non-hydrogen) atoms. The zero-order valence-electron chi connectivity index (χ0n) is 18.1. The van der Waals surface area contributed by atoms with Crippen molar-refractivity contribution in [3.05, 3.63) is 29.8 Å². The number of carbonyl (C=O) groups is 4. The minimum atomic E-state index is -1.27. The van der Waals surface area contributed by atoms with E-state index in [1.165, 1.54) is 23.9 Å². The first-order valence-electron chi connectivity index (χ1n) is 10.0. The summed E-state index contributed by atoms with van der Waals surface area (Å²) in [6.07, 6.45) is 2.00. The molecule has 0 spiro atoms. The van der Waals surface area contributed by atoms with Crippen LogP contribution in [0, 0.1) is 0 Å². The fourth-order valence-electron chi connectivity index (χ4n) is 2.67. The van der Waals surface area contributed by atoms with Gasteiger partial charge < -0.3 is 37.0 Å². The lowest BCUT2D eigenvalue weighted by molar-refractivity contribution is -0.142. The van der Waals surface area contributed by atoms with Crippen molar-refractivity contribution < 1.29 is 34.5 Å². The van der Waals surface area contributed by atoms with E-state index in [1.54, 1.807) is 12.1 Å². The molecule has 13 heteroatoms. The first kappa shape index (κ1) is 28.6. The lowest BCUT2D eigenvalue weighted by atomic mass is 10.0. The maximum Gasteiger partial charge on any atom is 0.326 e. The molecule has 0 aliphatic heterocycles. The molecule has 1 aromatic carbocycles. The second-order valence-corrected chi connectivity index (χ2v) is 8.50. The van der Waals surface area contributed by atoms with Crippen LogP contribution in [0.15, 0.2) is 24.3 Å². The van der Waals surface area contributed by atoms with Gasteiger partial charge in [0.15, 0.2) is 0 Å². The summed E-state index contributed by atoms with van der Waals surface area (Å²) in [7, 11) is 0. The van der Waals surface area contributed by atoms with Crippen molar-refractivity contribution in [2.75, 3.05) is 24.4 Å². The Kier molecular flexibility index (Phi) is 12.7. The largest absolute Gasteiger partial charge is 0.508 e. The highest BCUT2D eigenvalue weighted by molar-refractivity contribution is 7.98. The van der Waals surface area contributed by atoms with Crippen LogP contribution in [0.3, 0.4) is 0 Å². The van der Waals surface area contributed by atoms with Crippen molar-refractivity contribution in [3.63, 3.8) is 0 Å². The van der Waals surface area contributed by atoms with Crippen LogP contribution >= 0.6 is 24.4 Å². The molecule has 0 radical (unpaired) electrons. The number of aliphatic hydroxyl groups excluding tert-OH is 1. The number of benzene rings is 1. The first-order chi connectivity index (χ1) is 15.6. The number of carbonyl (C=O) groups excluding carboxylic acids is 3. The van der Waals surface area contributed by atoms with Crippen LogP contribution in [0.5, 0.6) is 5.75 Å². The zero-order chi connectivity index (χ0) is 25.0. The predicted octanol–water partition coefficient (Wildman–Crippen LogP) is -1.52. The molecule has 3 amide bonds. The van der Waals surface area contributed by atoms with E-state index in [0.717, 1.165) is 0 Å². The van der Waals surface area contributed by atoms with Gasteiger partial charge in [-0.1, -0.05) is 12.1 Å². The molecule has 4 unspecified atom stereocenters. The molecular formula is C20H30N4O7S2. The smallest absolute Gasteiger partial charge is 0.326 e. The van der Waals surface area contributed by atoms with Crippen LogP contribution in [-0.2, 0) is 25.6 Å². The highest BCUT2D eigenvalue weighted by Crippen LogP contribution is 2.12. The van der Waals surface area contributed by atoms with Gasteiger partial charge in [0.05, 0.1) is 6.61 Å². The monoisotopic (exact) mass is 502 g/mol. The average Bonchev–Trinajstić information content (AvgIpc) is 2.79. The summed E-state index contributed by atoms with van der Waals surface area (Å²) in [5, 5.41) is 35.2. The molecule has 0 aliphatic carbocycles. The Morgan fingerprint density at radius 2 is 1.55 bits per heavy atom. The van der Waals surface area contributed by atoms with Crippen LogP contribution in [0.1, 0.15) is 12.0 Å². The molecule has 11 nitrogen and oxygen atoms in total. The first-order valence-corrected chi connectivity index (χ1v) is 12.0. The van der Waals surface area contributed by atoms with Gasteiger partial charge in [-0.25, -0.2) is 4.79 Å². The normalized spacial score (nSPS) is 14.4. The van der Waals surface area contributed by atoms with E-state index in [4.69, 9.17) is 10.8 Å². The number of phenolic OH excluding ortho intramolecular Hbond substituents is 1. The molecule has 0 aromatic heterocycles. The van der Waals surface area contributed by atoms with Crippen molar-refractivity contribution in [1.82, 2.24) is 16.0 Å². The number of aliphatic hydroxyl groups is 1. The lowest BCUT2D eigenvalue weighted by Gasteiger charge is -2.24. The number of carboxylic acids is 1. The van der Waals surface area contributed by atoms with Crippen molar-refractivity contribution in [2.45, 2.75) is 37.0 Å². The SMILES string of the molecule is CSCCC(NC(=O)C(CS)NC(=O)C(N)CO)C(=O)NC(Cc1ccc(O)cc1)C(=O)O. The van der Waals surface area contributed by atoms with Crippen molar-refractivity contribution in [1.29, 1.82) is 0 Å². The Hall–Kier alpha value is -2.48. The maximum absolute atomic E-state index is 12.8. The lowest BCUT2D eigenvalue weighted by Crippen LogP contribution is -2.58. The minimum absolute atomic E-state index is 0.0280. The van der Waals surface area contributed by atoms with Gasteiger partial charge in [0.1, 0.15) is 29.9 Å². The Balaban J connectivity index is 2.89. The molecule has 0 saturated heterocycles. The van der Waals surface area contributed by atoms with Crippen LogP contribution in [0.2, 0.25) is 0 Å². The molecule has 8 N–H and O–H groups in total. The van der Waals surface area contributed by atoms with E-state index >= 15 is 0 Å². The van der Waals surface area contributed by atoms with Gasteiger partial charge in [-0.05, 0) is 36.1 Å². The number of thioether (sulfide) groups is 1. The summed E-state index contributed by atoms with van der Waals surface area (Å²) >= 11 is 5.47. The summed E-state index contributed by atoms with van der Waals surface area (Å²) in [6, 6.07) is 1.25. The zero-order valence-corrected chi connectivity index (χ0v) is 19.8. The predicted molar refractivity (Wildman–Crippen MR) is 127 cm³/mol. The van der Waals surface area contributed by atoms with Gasteiger partial charge in [0.2, 0.25) is 17.7 Å². The van der Waals surface area contributed by atoms with Crippen molar-refractivity contribution in [2.24, 2.45) is 5.73 Å². The third-order valence-electron chi connectivity index (χ3n) is 4.58. The number of hydrogen-bond acceptors (Lipinski definition) is 9. The van der Waals surface area contributed by atoms with E-state index in [9.17, 15) is 29.4 Å². The number of thiol groups is 1. The molecule has 1 aromatic rings. The van der Waals surface area contributed by atoms with Crippen LogP contribution in [0.4, 0.5) is 0 Å². The number of carboxylic acid groups (broad SMARTS) is 1. The summed E-state index contributed by atoms with van der Waals surface area (Å²) in [5.74, 6) is -2.97. The quantitative estimate of drug-likeness (QED) is 0.140. The number of phenols is 1. The van der Waals surface area contributed by atoms with Gasteiger partial charge in [-0.15, -0.1) is 0 Å². The Morgan fingerprint density at radius 3 is 2.06 bits per heavy atom. The van der Waals surface area contributed by atoms with Crippen LogP contribution in [-0.4, -0.2) is 87.5 Å². The van der Waals surface area contributed by atoms with Gasteiger partial charge in [-0.2, -0.15) is 24.4 Å². The number of rotatable bonds is 14. The number of aromatic hydroxyl groups is 1. The molecule has 0 bridgehead atoms. The van der Waals surface area contributed by atoms with Crippen molar-refractivity contribution >= 4 is 48.1 Å². The van der Waals surface area contributed by atoms with Gasteiger partial charge in [0.25, 0.3) is 0 Å². The van der Waals surface area contributed by atoms with E-state index in [-0.39, 0.29) is 24.3 Å². The highest BCUT2D eigenvalue weighted by Gasteiger charge is 2.29. The van der Waals surface area contributed by atoms with E-state index < -0.39 is 54.5 Å². The van der Waals surface area contributed by atoms with E-state index in [1.807, 2.05) is 6.26 Å². The topological polar surface area (TPSA) is 191 Å². The second kappa shape index (κ2) is 14.6. The Bertz CT molecular complexity index is 810. The number of hydrogen-bond donors (Lipinski definition) is 8. The van der Waals surface area contributed by atoms with Crippen LogP contribution < -0.4 is 21.7 Å². The number of nitrogens with one attached hydrogen (secondary N) is 3. The number of nitrogens with two attached hydrogens (primary N) is 1. The van der Waals surface area contributed by atoms with Gasteiger partial charge in [0, 0.05) is 12.2 Å². The van der Waals surface area contributed by atoms with Crippen LogP contribution in [0.25, 0.3) is 0 Å². The number of aliphatic carboxylic acids is 1. The molecular weight excluding hydrogens is 472 g/mol. The molecule has 0 saturated carbocycles. The van der Waals surface area contributed by atoms with E-state index in [0.29, 0.717) is 11.3 Å². The number of amides is 3. The average molecular weight is 503 g/mol. The summed E-state index contributed by atoms with van der Waals surface area (Å²) < 4.78 is 0. The third-order valence-corrected chi connectivity index (χ3v) is 5.59. The van der Waals surface area contributed by atoms with Gasteiger partial charge >= 0.3 is 5.97 Å². The van der Waals surface area contributed by atoms with E-state index in [2.05, 4.69) is 28.6 Å². The molecule has 1 rings (SSSR count). The molecule has 0 fully saturated rings. The van der Waals surface area contributed by atoms with Crippen molar-refractivity contribution in [3.8, 4) is 5.75 Å². The Morgan fingerprint density at radius 1 is 1.00 bits per heavy atom. The Labute approximate surface area is 201 Å². The third kappa shape index (κ3) is 9.90. The summed E-state index contributed by atoms with van der Waals surface area (Å²) in [6.45, 7) is -0.608. The maximum atomic E-state index is 12.8. The molecule has 0 heterocycles. The standard InChI is InChI=1S/C20H30N4O7S2/c1-33-7-6-14(22-19(29)16(10-32)24-17(27)13(21)9-25)18(28)23-15(20(30)31)8-11-2-4-12(26)5-3-11/h2-5,13-16,25-26,32H,6-10,21H2,1H3,(H,22,29)(H,23,28)(H,24,27)(H,30,31). The minimum Gasteiger partial charge on any atom is -0.508 e.